The van der Waals surface area contributed by atoms with Gasteiger partial charge in [-0.25, -0.2) is 9.78 Å². The van der Waals surface area contributed by atoms with Crippen molar-refractivity contribution in [3.8, 4) is 17.1 Å². The predicted molar refractivity (Wildman–Crippen MR) is 129 cm³/mol. The average Bonchev–Trinajstić information content (AvgIpc) is 3.27. The monoisotopic (exact) mass is 500 g/mol. The summed E-state index contributed by atoms with van der Waals surface area (Å²) in [6.07, 6.45) is -4.37. The van der Waals surface area contributed by atoms with E-state index in [4.69, 9.17) is 9.47 Å². The first-order valence-electron chi connectivity index (χ1n) is 10.9. The number of hydrogen-bond donors (Lipinski definition) is 1. The molecule has 1 aromatic heterocycles. The summed E-state index contributed by atoms with van der Waals surface area (Å²) in [7, 11) is 0. The lowest BCUT2D eigenvalue weighted by Gasteiger charge is -2.10. The van der Waals surface area contributed by atoms with Gasteiger partial charge in [0.05, 0.1) is 23.2 Å². The molecule has 0 aliphatic heterocycles. The number of para-hydroxylation sites is 1. The number of alkyl halides is 3. The van der Waals surface area contributed by atoms with Crippen molar-refractivity contribution in [3.63, 3.8) is 0 Å². The summed E-state index contributed by atoms with van der Waals surface area (Å²) in [6, 6.07) is 16.5. The maximum atomic E-state index is 12.9. The average molecular weight is 501 g/mol. The molecule has 0 bridgehead atoms. The smallest absolute Gasteiger partial charge is 0.416 e. The number of carbonyl (C=O) groups is 1. The second kappa shape index (κ2) is 10.4. The zero-order valence-corrected chi connectivity index (χ0v) is 19.9. The van der Waals surface area contributed by atoms with E-state index in [1.807, 2.05) is 43.3 Å². The normalized spacial score (nSPS) is 11.6. The van der Waals surface area contributed by atoms with E-state index in [0.29, 0.717) is 29.5 Å². The van der Waals surface area contributed by atoms with Gasteiger partial charge >= 0.3 is 12.1 Å². The summed E-state index contributed by atoms with van der Waals surface area (Å²) in [5.74, 6) is 1.38. The zero-order chi connectivity index (χ0) is 25.0. The van der Waals surface area contributed by atoms with E-state index in [0.717, 1.165) is 39.2 Å². The lowest BCUT2D eigenvalue weighted by atomic mass is 10.1. The maximum Gasteiger partial charge on any atom is 0.416 e. The van der Waals surface area contributed by atoms with E-state index in [-0.39, 0.29) is 6.61 Å². The summed E-state index contributed by atoms with van der Waals surface area (Å²) in [6.45, 7) is 3.83. The van der Waals surface area contributed by atoms with Crippen LogP contribution in [-0.4, -0.2) is 29.2 Å². The van der Waals surface area contributed by atoms with E-state index in [9.17, 15) is 18.0 Å². The van der Waals surface area contributed by atoms with E-state index >= 15 is 0 Å². The van der Waals surface area contributed by atoms with E-state index in [1.165, 1.54) is 12.1 Å². The molecule has 3 aromatic carbocycles. The third kappa shape index (κ3) is 5.97. The number of thioether (sulfide) groups is 1. The third-order valence-electron chi connectivity index (χ3n) is 5.27. The van der Waals surface area contributed by atoms with Crippen LogP contribution in [0.15, 0.2) is 65.6 Å². The first kappa shape index (κ1) is 24.7. The van der Waals surface area contributed by atoms with E-state index in [1.54, 1.807) is 18.7 Å². The zero-order valence-electron chi connectivity index (χ0n) is 19.1. The van der Waals surface area contributed by atoms with E-state index in [2.05, 4.69) is 9.97 Å². The van der Waals surface area contributed by atoms with Crippen LogP contribution in [0.3, 0.4) is 0 Å². The minimum absolute atomic E-state index is 0.135. The molecule has 0 saturated carbocycles. The maximum absolute atomic E-state index is 12.9. The number of aromatic amines is 1. The molecular formula is C26H23F3N2O3S. The Morgan fingerprint density at radius 1 is 1.09 bits per heavy atom. The fraction of sp³-hybridized carbons (Fsp3) is 0.231. The lowest BCUT2D eigenvalue weighted by Crippen LogP contribution is -2.14. The Balaban J connectivity index is 1.47. The summed E-state index contributed by atoms with van der Waals surface area (Å²) >= 11 is 1.63. The minimum atomic E-state index is -4.37. The molecule has 35 heavy (non-hydrogen) atoms. The first-order valence-corrected chi connectivity index (χ1v) is 11.9. The second-order valence-corrected chi connectivity index (χ2v) is 8.83. The number of esters is 1. The van der Waals surface area contributed by atoms with Gasteiger partial charge in [-0.1, -0.05) is 24.3 Å². The van der Waals surface area contributed by atoms with Gasteiger partial charge < -0.3 is 14.5 Å². The first-order chi connectivity index (χ1) is 16.7. The fourth-order valence-corrected chi connectivity index (χ4v) is 4.52. The molecular weight excluding hydrogens is 477 g/mol. The standard InChI is InChI=1S/C26H23F3N2O3S/c1-3-33-23(32)14-34-22-12-11-20(13-16(22)2)35-15-18-5-4-6-21-24(18)31-25(30-21)17-7-9-19(10-8-17)26(27,28)29/h4-13H,3,14-15H2,1-2H3,(H,30,31). The molecule has 0 aliphatic rings. The number of benzene rings is 3. The molecule has 0 atom stereocenters. The summed E-state index contributed by atoms with van der Waals surface area (Å²) in [5, 5.41) is 0. The highest BCUT2D eigenvalue weighted by molar-refractivity contribution is 7.98. The summed E-state index contributed by atoms with van der Waals surface area (Å²) < 4.78 is 49.0. The molecule has 0 amide bonds. The molecule has 0 saturated heterocycles. The van der Waals surface area contributed by atoms with Gasteiger partial charge in [-0.2, -0.15) is 13.2 Å². The number of nitrogens with one attached hydrogen (secondary N) is 1. The number of nitrogens with zero attached hydrogens (tertiary/aromatic N) is 1. The van der Waals surface area contributed by atoms with Gasteiger partial charge in [-0.05, 0) is 61.4 Å². The molecule has 0 radical (unpaired) electrons. The van der Waals surface area contributed by atoms with Crippen LogP contribution in [0.5, 0.6) is 5.75 Å². The topological polar surface area (TPSA) is 64.2 Å². The quantitative estimate of drug-likeness (QED) is 0.213. The van der Waals surface area contributed by atoms with Crippen LogP contribution < -0.4 is 4.74 Å². The molecule has 4 rings (SSSR count). The highest BCUT2D eigenvalue weighted by Crippen LogP contribution is 2.33. The number of carbonyl (C=O) groups excluding carboxylic acids is 1. The summed E-state index contributed by atoms with van der Waals surface area (Å²) in [5.41, 5.74) is 3.39. The van der Waals surface area contributed by atoms with Crippen LogP contribution in [0.2, 0.25) is 0 Å². The minimum Gasteiger partial charge on any atom is -0.482 e. The van der Waals surface area contributed by atoms with Crippen molar-refractivity contribution in [1.29, 1.82) is 0 Å². The molecule has 4 aromatic rings. The number of hydrogen-bond acceptors (Lipinski definition) is 5. The number of imidazole rings is 1. The van der Waals surface area contributed by atoms with Gasteiger partial charge in [0.1, 0.15) is 11.6 Å². The van der Waals surface area contributed by atoms with Gasteiger partial charge in [0.15, 0.2) is 6.61 Å². The molecule has 182 valence electrons. The SMILES string of the molecule is CCOC(=O)COc1ccc(SCc2cccc3[nH]c(-c4ccc(C(F)(F)F)cc4)nc23)cc1C. The number of rotatable bonds is 8. The lowest BCUT2D eigenvalue weighted by molar-refractivity contribution is -0.145. The number of aromatic nitrogens is 2. The van der Waals surface area contributed by atoms with Crippen molar-refractivity contribution >= 4 is 28.8 Å². The van der Waals surface area contributed by atoms with Crippen LogP contribution in [0, 0.1) is 6.92 Å². The van der Waals surface area contributed by atoms with Gasteiger partial charge in [0.2, 0.25) is 0 Å². The molecule has 0 fully saturated rings. The van der Waals surface area contributed by atoms with Gasteiger partial charge in [-0.15, -0.1) is 11.8 Å². The number of halogens is 3. The van der Waals surface area contributed by atoms with Crippen LogP contribution in [0.25, 0.3) is 22.4 Å². The van der Waals surface area contributed by atoms with Crippen molar-refractivity contribution in [3.05, 3.63) is 77.4 Å². The van der Waals surface area contributed by atoms with Crippen molar-refractivity contribution < 1.29 is 27.4 Å². The van der Waals surface area contributed by atoms with Crippen LogP contribution in [-0.2, 0) is 21.5 Å². The molecule has 9 heteroatoms. The molecule has 1 heterocycles. The van der Waals surface area contributed by atoms with Crippen molar-refractivity contribution in [2.24, 2.45) is 0 Å². The number of aryl methyl sites for hydroxylation is 1. The van der Waals surface area contributed by atoms with Gasteiger partial charge in [-0.3, -0.25) is 0 Å². The Bertz CT molecular complexity index is 1330. The highest BCUT2D eigenvalue weighted by Gasteiger charge is 2.30. The van der Waals surface area contributed by atoms with E-state index < -0.39 is 17.7 Å². The molecule has 1 N–H and O–H groups in total. The Labute approximate surface area is 204 Å². The van der Waals surface area contributed by atoms with Crippen LogP contribution in [0.4, 0.5) is 13.2 Å². The predicted octanol–water partition coefficient (Wildman–Crippen LogP) is 6.79. The fourth-order valence-electron chi connectivity index (χ4n) is 3.54. The van der Waals surface area contributed by atoms with Gasteiger partial charge in [0, 0.05) is 16.2 Å². The molecule has 5 nitrogen and oxygen atoms in total. The van der Waals surface area contributed by atoms with Crippen molar-refractivity contribution in [2.45, 2.75) is 30.7 Å². The van der Waals surface area contributed by atoms with Crippen LogP contribution >= 0.6 is 11.8 Å². The number of fused-ring (bicyclic) bond motifs is 1. The Kier molecular flexibility index (Phi) is 7.35. The van der Waals surface area contributed by atoms with Crippen molar-refractivity contribution in [2.75, 3.05) is 13.2 Å². The van der Waals surface area contributed by atoms with Crippen molar-refractivity contribution in [1.82, 2.24) is 9.97 Å². The Morgan fingerprint density at radius 3 is 2.54 bits per heavy atom. The molecule has 0 unspecified atom stereocenters. The third-order valence-corrected chi connectivity index (χ3v) is 6.32. The van der Waals surface area contributed by atoms with Gasteiger partial charge in [0.25, 0.3) is 0 Å². The second-order valence-electron chi connectivity index (χ2n) is 7.78. The number of ether oxygens (including phenoxy) is 2. The summed E-state index contributed by atoms with van der Waals surface area (Å²) in [4.78, 5) is 20.4. The Morgan fingerprint density at radius 2 is 1.86 bits per heavy atom. The molecule has 0 spiro atoms. The highest BCUT2D eigenvalue weighted by atomic mass is 32.2. The Hall–Kier alpha value is -3.46. The largest absolute Gasteiger partial charge is 0.482 e. The van der Waals surface area contributed by atoms with Crippen LogP contribution in [0.1, 0.15) is 23.6 Å². The number of H-pyrrole nitrogens is 1. The molecule has 0 aliphatic carbocycles.